The average molecular weight is 206 g/mol. The van der Waals surface area contributed by atoms with Crippen molar-refractivity contribution in [2.24, 2.45) is 0 Å². The monoisotopic (exact) mass is 206 g/mol. The van der Waals surface area contributed by atoms with E-state index in [1.54, 1.807) is 25.5 Å². The molecule has 1 N–H and O–H groups in total. The molecular weight excluding hydrogens is 192 g/mol. The van der Waals surface area contributed by atoms with Gasteiger partial charge in [-0.15, -0.1) is 11.8 Å². The first-order valence-electron chi connectivity index (χ1n) is 4.74. The Bertz CT molecular complexity index is 435. The molecule has 0 radical (unpaired) electrons. The number of aryl methyl sites for hydroxylation is 2. The molecule has 0 saturated heterocycles. The lowest BCUT2D eigenvalue weighted by molar-refractivity contribution is 0.0695. The summed E-state index contributed by atoms with van der Waals surface area (Å²) in [6.07, 6.45) is 0.692. The van der Waals surface area contributed by atoms with Gasteiger partial charge in [-0.3, -0.25) is 4.68 Å². The molecule has 4 heteroatoms. The van der Waals surface area contributed by atoms with E-state index in [-0.39, 0.29) is 0 Å². The Morgan fingerprint density at radius 1 is 1.53 bits per heavy atom. The van der Waals surface area contributed by atoms with Crippen molar-refractivity contribution in [3.63, 3.8) is 0 Å². The largest absolute Gasteiger partial charge is 0.478 e. The molecule has 0 aliphatic rings. The highest BCUT2D eigenvalue weighted by Crippen LogP contribution is 2.12. The molecule has 4 nitrogen and oxygen atoms in total. The predicted molar refractivity (Wildman–Crippen MR) is 56.7 cm³/mol. The van der Waals surface area contributed by atoms with Gasteiger partial charge in [0.15, 0.2) is 0 Å². The second-order valence-electron chi connectivity index (χ2n) is 3.25. The van der Waals surface area contributed by atoms with E-state index in [0.717, 1.165) is 0 Å². The number of hydrogen-bond donors (Lipinski definition) is 1. The zero-order valence-corrected chi connectivity index (χ0v) is 9.16. The fourth-order valence-corrected chi connectivity index (χ4v) is 1.51. The van der Waals surface area contributed by atoms with Crippen LogP contribution in [0.2, 0.25) is 0 Å². The summed E-state index contributed by atoms with van der Waals surface area (Å²) in [5.74, 6) is 4.80. The van der Waals surface area contributed by atoms with Crippen LogP contribution in [0.1, 0.15) is 35.1 Å². The van der Waals surface area contributed by atoms with E-state index in [9.17, 15) is 4.79 Å². The first kappa shape index (κ1) is 11.3. The number of aromatic carboxylic acids is 1. The fraction of sp³-hybridized carbons (Fsp3) is 0.455. The highest BCUT2D eigenvalue weighted by Gasteiger charge is 2.16. The van der Waals surface area contributed by atoms with Gasteiger partial charge in [0.1, 0.15) is 5.56 Å². The Morgan fingerprint density at radius 3 is 2.67 bits per heavy atom. The molecule has 1 aromatic heterocycles. The van der Waals surface area contributed by atoms with Gasteiger partial charge in [-0.25, -0.2) is 4.79 Å². The van der Waals surface area contributed by atoms with E-state index in [2.05, 4.69) is 16.9 Å². The number of carboxylic acids is 1. The highest BCUT2D eigenvalue weighted by molar-refractivity contribution is 5.90. The van der Waals surface area contributed by atoms with Gasteiger partial charge in [0.2, 0.25) is 0 Å². The van der Waals surface area contributed by atoms with Gasteiger partial charge in [-0.05, 0) is 20.8 Å². The van der Waals surface area contributed by atoms with Crippen LogP contribution in [0.3, 0.4) is 0 Å². The average Bonchev–Trinajstić information content (AvgIpc) is 2.42. The van der Waals surface area contributed by atoms with Crippen LogP contribution >= 0.6 is 0 Å². The fourth-order valence-electron chi connectivity index (χ4n) is 1.51. The van der Waals surface area contributed by atoms with E-state index < -0.39 is 5.97 Å². The lowest BCUT2D eigenvalue weighted by atomic mass is 10.2. The molecule has 0 aliphatic heterocycles. The summed E-state index contributed by atoms with van der Waals surface area (Å²) in [5.41, 5.74) is 1.56. The molecule has 0 atom stereocenters. The third-order valence-electron chi connectivity index (χ3n) is 2.22. The topological polar surface area (TPSA) is 55.1 Å². The van der Waals surface area contributed by atoms with Crippen molar-refractivity contribution in [1.29, 1.82) is 0 Å². The Balaban J connectivity index is 2.94. The van der Waals surface area contributed by atoms with Gasteiger partial charge in [-0.2, -0.15) is 5.10 Å². The Labute approximate surface area is 88.9 Å². The minimum atomic E-state index is -0.919. The molecule has 1 rings (SSSR count). The van der Waals surface area contributed by atoms with Crippen molar-refractivity contribution >= 4 is 5.97 Å². The third kappa shape index (κ3) is 2.38. The molecule has 0 aromatic carbocycles. The van der Waals surface area contributed by atoms with Crippen molar-refractivity contribution in [3.05, 3.63) is 17.0 Å². The molecule has 0 amide bonds. The van der Waals surface area contributed by atoms with Gasteiger partial charge in [-0.1, -0.05) is 0 Å². The molecule has 1 aromatic rings. The molecular formula is C11H14N2O2. The third-order valence-corrected chi connectivity index (χ3v) is 2.22. The maximum Gasteiger partial charge on any atom is 0.339 e. The second-order valence-corrected chi connectivity index (χ2v) is 3.25. The van der Waals surface area contributed by atoms with E-state index in [4.69, 9.17) is 5.11 Å². The number of carbonyl (C=O) groups is 1. The van der Waals surface area contributed by atoms with Crippen LogP contribution in [0, 0.1) is 25.7 Å². The normalized spacial score (nSPS) is 9.53. The number of rotatable bonds is 3. The minimum absolute atomic E-state index is 0.305. The smallest absolute Gasteiger partial charge is 0.339 e. The Kier molecular flexibility index (Phi) is 3.51. The predicted octanol–water partition coefficient (Wildman–Crippen LogP) is 1.61. The van der Waals surface area contributed by atoms with Crippen LogP contribution < -0.4 is 0 Å². The number of carboxylic acid groups (broad SMARTS) is 1. The van der Waals surface area contributed by atoms with E-state index in [1.165, 1.54) is 0 Å². The van der Waals surface area contributed by atoms with Crippen LogP contribution in [0.25, 0.3) is 0 Å². The quantitative estimate of drug-likeness (QED) is 0.764. The Hall–Kier alpha value is -1.76. The Morgan fingerprint density at radius 2 is 2.20 bits per heavy atom. The van der Waals surface area contributed by atoms with E-state index >= 15 is 0 Å². The molecule has 0 saturated carbocycles. The van der Waals surface area contributed by atoms with Crippen LogP contribution in [0.15, 0.2) is 0 Å². The minimum Gasteiger partial charge on any atom is -0.478 e. The van der Waals surface area contributed by atoms with Crippen molar-refractivity contribution in [1.82, 2.24) is 9.78 Å². The number of aromatic nitrogens is 2. The molecule has 1 heterocycles. The van der Waals surface area contributed by atoms with Gasteiger partial charge >= 0.3 is 5.97 Å². The summed E-state index contributed by atoms with van der Waals surface area (Å²) < 4.78 is 1.70. The molecule has 15 heavy (non-hydrogen) atoms. The molecule has 0 fully saturated rings. The van der Waals surface area contributed by atoms with E-state index in [0.29, 0.717) is 29.9 Å². The molecule has 0 bridgehead atoms. The van der Waals surface area contributed by atoms with Gasteiger partial charge in [0.05, 0.1) is 17.9 Å². The van der Waals surface area contributed by atoms with Crippen molar-refractivity contribution in [2.45, 2.75) is 33.7 Å². The van der Waals surface area contributed by atoms with Crippen LogP contribution in [0.4, 0.5) is 0 Å². The molecule has 0 unspecified atom stereocenters. The van der Waals surface area contributed by atoms with Crippen LogP contribution in [0.5, 0.6) is 0 Å². The molecule has 0 spiro atoms. The standard InChI is InChI=1S/C11H14N2O2/c1-4-5-6-7-13-9(3)10(11(14)15)8(2)12-13/h6-7H2,1-3H3,(H,14,15). The van der Waals surface area contributed by atoms with Crippen LogP contribution in [-0.2, 0) is 6.54 Å². The van der Waals surface area contributed by atoms with Crippen LogP contribution in [-0.4, -0.2) is 20.9 Å². The maximum atomic E-state index is 10.9. The molecule has 0 aliphatic carbocycles. The number of hydrogen-bond acceptors (Lipinski definition) is 2. The van der Waals surface area contributed by atoms with E-state index in [1.807, 2.05) is 0 Å². The molecule has 80 valence electrons. The van der Waals surface area contributed by atoms with Gasteiger partial charge in [0.25, 0.3) is 0 Å². The van der Waals surface area contributed by atoms with Gasteiger partial charge < -0.3 is 5.11 Å². The SMILES string of the molecule is CC#CCCn1nc(C)c(C(=O)O)c1C. The number of nitrogens with zero attached hydrogens (tertiary/aromatic N) is 2. The summed E-state index contributed by atoms with van der Waals surface area (Å²) in [7, 11) is 0. The summed E-state index contributed by atoms with van der Waals surface area (Å²) in [6.45, 7) is 5.89. The lowest BCUT2D eigenvalue weighted by Crippen LogP contribution is -2.04. The summed E-state index contributed by atoms with van der Waals surface area (Å²) in [4.78, 5) is 10.9. The lowest BCUT2D eigenvalue weighted by Gasteiger charge is -2.00. The first-order chi connectivity index (χ1) is 7.07. The van der Waals surface area contributed by atoms with Crippen molar-refractivity contribution < 1.29 is 9.90 Å². The summed E-state index contributed by atoms with van der Waals surface area (Å²) >= 11 is 0. The van der Waals surface area contributed by atoms with Crippen molar-refractivity contribution in [3.8, 4) is 11.8 Å². The summed E-state index contributed by atoms with van der Waals surface area (Å²) in [5, 5.41) is 13.1. The zero-order chi connectivity index (χ0) is 11.4. The zero-order valence-electron chi connectivity index (χ0n) is 9.16. The summed E-state index contributed by atoms with van der Waals surface area (Å²) in [6, 6.07) is 0. The van der Waals surface area contributed by atoms with Gasteiger partial charge in [0, 0.05) is 6.42 Å². The van der Waals surface area contributed by atoms with Crippen molar-refractivity contribution in [2.75, 3.05) is 0 Å². The highest BCUT2D eigenvalue weighted by atomic mass is 16.4. The first-order valence-corrected chi connectivity index (χ1v) is 4.74. The second kappa shape index (κ2) is 4.65. The maximum absolute atomic E-state index is 10.9.